The Morgan fingerprint density at radius 2 is 2.22 bits per heavy atom. The normalized spacial score (nSPS) is 21.4. The molecule has 1 aromatic carbocycles. The van der Waals surface area contributed by atoms with Crippen LogP contribution >= 0.6 is 11.8 Å². The highest BCUT2D eigenvalue weighted by molar-refractivity contribution is 7.98. The lowest BCUT2D eigenvalue weighted by Crippen LogP contribution is -2.10. The Labute approximate surface area is 112 Å². The van der Waals surface area contributed by atoms with Crippen LogP contribution in [0.1, 0.15) is 17.9 Å². The molecule has 0 bridgehead atoms. The molecular formula is C14H18O3S. The summed E-state index contributed by atoms with van der Waals surface area (Å²) in [7, 11) is 1.66. The monoisotopic (exact) mass is 266 g/mol. The van der Waals surface area contributed by atoms with Gasteiger partial charge in [-0.1, -0.05) is 18.2 Å². The average molecular weight is 266 g/mol. The fraction of sp³-hybridized carbons (Fsp3) is 0.500. The first-order chi connectivity index (χ1) is 8.77. The molecule has 4 heteroatoms. The van der Waals surface area contributed by atoms with Gasteiger partial charge in [-0.15, -0.1) is 0 Å². The number of rotatable bonds is 6. The lowest BCUT2D eigenvalue weighted by Gasteiger charge is -2.07. The predicted molar refractivity (Wildman–Crippen MR) is 73.2 cm³/mol. The summed E-state index contributed by atoms with van der Waals surface area (Å²) in [6, 6.07) is 7.88. The summed E-state index contributed by atoms with van der Waals surface area (Å²) in [5.41, 5.74) is 1.12. The molecule has 1 saturated carbocycles. The largest absolute Gasteiger partial charge is 0.496 e. The van der Waals surface area contributed by atoms with Gasteiger partial charge in [0, 0.05) is 11.7 Å². The van der Waals surface area contributed by atoms with E-state index in [4.69, 9.17) is 9.47 Å². The van der Waals surface area contributed by atoms with Gasteiger partial charge in [-0.2, -0.15) is 11.8 Å². The summed E-state index contributed by atoms with van der Waals surface area (Å²) in [4.78, 5) is 11.8. The van der Waals surface area contributed by atoms with E-state index in [1.165, 1.54) is 0 Å². The maximum absolute atomic E-state index is 11.8. The number of benzene rings is 1. The smallest absolute Gasteiger partial charge is 0.309 e. The fourth-order valence-corrected chi connectivity index (χ4v) is 2.35. The van der Waals surface area contributed by atoms with Crippen LogP contribution in [0.15, 0.2) is 24.3 Å². The minimum Gasteiger partial charge on any atom is -0.496 e. The summed E-state index contributed by atoms with van der Waals surface area (Å²) in [5, 5.41) is 0. The van der Waals surface area contributed by atoms with Crippen LogP contribution in [0.25, 0.3) is 0 Å². The molecule has 0 saturated heterocycles. The first kappa shape index (κ1) is 13.3. The molecule has 18 heavy (non-hydrogen) atoms. The van der Waals surface area contributed by atoms with E-state index in [-0.39, 0.29) is 17.8 Å². The van der Waals surface area contributed by atoms with Gasteiger partial charge in [0.2, 0.25) is 0 Å². The molecule has 1 fully saturated rings. The topological polar surface area (TPSA) is 35.5 Å². The molecule has 0 heterocycles. The summed E-state index contributed by atoms with van der Waals surface area (Å²) < 4.78 is 10.5. The highest BCUT2D eigenvalue weighted by Gasteiger charge is 2.46. The Hall–Kier alpha value is -1.16. The Kier molecular flexibility index (Phi) is 4.53. The Balaban J connectivity index is 1.92. The molecule has 2 rings (SSSR count). The lowest BCUT2D eigenvalue weighted by atomic mass is 10.1. The van der Waals surface area contributed by atoms with Crippen molar-refractivity contribution in [3.63, 3.8) is 0 Å². The highest BCUT2D eigenvalue weighted by atomic mass is 32.2. The standard InChI is InChI=1S/C14H18O3S/c1-16-13-6-4-3-5-10(13)11-9-12(11)14(15)17-7-8-18-2/h3-6,11-12H,7-9H2,1-2H3/t11-,12+/m0/s1. The SMILES string of the molecule is COc1ccccc1[C@@H]1C[C@H]1C(=O)OCCSC. The number of hydrogen-bond donors (Lipinski definition) is 0. The third kappa shape index (κ3) is 2.99. The molecule has 0 amide bonds. The second kappa shape index (κ2) is 6.14. The number of thioether (sulfide) groups is 1. The molecule has 0 unspecified atom stereocenters. The zero-order valence-electron chi connectivity index (χ0n) is 10.7. The molecule has 0 aromatic heterocycles. The van der Waals surface area contributed by atoms with Gasteiger partial charge in [0.15, 0.2) is 0 Å². The van der Waals surface area contributed by atoms with Gasteiger partial charge in [0.05, 0.1) is 13.0 Å². The first-order valence-electron chi connectivity index (χ1n) is 6.06. The molecule has 0 spiro atoms. The van der Waals surface area contributed by atoms with E-state index >= 15 is 0 Å². The van der Waals surface area contributed by atoms with Crippen molar-refractivity contribution in [1.82, 2.24) is 0 Å². The molecule has 3 nitrogen and oxygen atoms in total. The maximum Gasteiger partial charge on any atom is 0.309 e. The molecule has 1 aliphatic carbocycles. The molecule has 1 aliphatic rings. The molecule has 2 atom stereocenters. The maximum atomic E-state index is 11.8. The predicted octanol–water partition coefficient (Wildman–Crippen LogP) is 2.70. The summed E-state index contributed by atoms with van der Waals surface area (Å²) in [6.45, 7) is 0.509. The number of carbonyl (C=O) groups is 1. The number of esters is 1. The molecule has 0 aliphatic heterocycles. The van der Waals surface area contributed by atoms with Gasteiger partial charge >= 0.3 is 5.97 Å². The van der Waals surface area contributed by atoms with Crippen molar-refractivity contribution < 1.29 is 14.3 Å². The van der Waals surface area contributed by atoms with Crippen LogP contribution in [-0.2, 0) is 9.53 Å². The van der Waals surface area contributed by atoms with E-state index in [0.29, 0.717) is 6.61 Å². The van der Waals surface area contributed by atoms with Crippen LogP contribution in [0.2, 0.25) is 0 Å². The van der Waals surface area contributed by atoms with E-state index < -0.39 is 0 Å². The second-order valence-electron chi connectivity index (χ2n) is 4.35. The zero-order chi connectivity index (χ0) is 13.0. The summed E-state index contributed by atoms with van der Waals surface area (Å²) >= 11 is 1.68. The van der Waals surface area contributed by atoms with Gasteiger partial charge in [-0.25, -0.2) is 0 Å². The van der Waals surface area contributed by atoms with Gasteiger partial charge in [-0.3, -0.25) is 4.79 Å². The number of methoxy groups -OCH3 is 1. The number of ether oxygens (including phenoxy) is 2. The number of carbonyl (C=O) groups excluding carboxylic acids is 1. The van der Waals surface area contributed by atoms with Crippen molar-refractivity contribution in [2.24, 2.45) is 5.92 Å². The Morgan fingerprint density at radius 3 is 2.94 bits per heavy atom. The van der Waals surface area contributed by atoms with Gasteiger partial charge in [0.25, 0.3) is 0 Å². The van der Waals surface area contributed by atoms with Crippen LogP contribution in [0.5, 0.6) is 5.75 Å². The van der Waals surface area contributed by atoms with E-state index in [1.54, 1.807) is 18.9 Å². The van der Waals surface area contributed by atoms with Crippen molar-refractivity contribution in [2.45, 2.75) is 12.3 Å². The molecule has 1 aromatic rings. The van der Waals surface area contributed by atoms with Crippen LogP contribution in [-0.4, -0.2) is 31.7 Å². The third-order valence-corrected chi connectivity index (χ3v) is 3.74. The minimum absolute atomic E-state index is 0.0168. The quantitative estimate of drug-likeness (QED) is 0.586. The van der Waals surface area contributed by atoms with E-state index in [0.717, 1.165) is 23.5 Å². The van der Waals surface area contributed by atoms with Crippen LogP contribution < -0.4 is 4.74 Å². The van der Waals surface area contributed by atoms with Gasteiger partial charge in [-0.05, 0) is 24.3 Å². The van der Waals surface area contributed by atoms with Crippen molar-refractivity contribution in [3.8, 4) is 5.75 Å². The van der Waals surface area contributed by atoms with E-state index in [2.05, 4.69) is 0 Å². The summed E-state index contributed by atoms with van der Waals surface area (Å²) in [6.07, 6.45) is 2.88. The first-order valence-corrected chi connectivity index (χ1v) is 7.45. The van der Waals surface area contributed by atoms with E-state index in [1.807, 2.05) is 30.5 Å². The van der Waals surface area contributed by atoms with Gasteiger partial charge in [0.1, 0.15) is 12.4 Å². The number of hydrogen-bond acceptors (Lipinski definition) is 4. The number of para-hydroxylation sites is 1. The molecule has 98 valence electrons. The minimum atomic E-state index is -0.0695. The second-order valence-corrected chi connectivity index (χ2v) is 5.34. The van der Waals surface area contributed by atoms with Gasteiger partial charge < -0.3 is 9.47 Å². The van der Waals surface area contributed by atoms with Crippen LogP contribution in [0.4, 0.5) is 0 Å². The zero-order valence-corrected chi connectivity index (χ0v) is 11.5. The van der Waals surface area contributed by atoms with Crippen molar-refractivity contribution in [2.75, 3.05) is 25.7 Å². The Bertz CT molecular complexity index is 419. The molecule has 0 radical (unpaired) electrons. The average Bonchev–Trinajstić information content (AvgIpc) is 3.19. The van der Waals surface area contributed by atoms with Crippen molar-refractivity contribution >= 4 is 17.7 Å². The fourth-order valence-electron chi connectivity index (χ4n) is 2.10. The van der Waals surface area contributed by atoms with Crippen LogP contribution in [0.3, 0.4) is 0 Å². The van der Waals surface area contributed by atoms with E-state index in [9.17, 15) is 4.79 Å². The molecule has 0 N–H and O–H groups in total. The lowest BCUT2D eigenvalue weighted by molar-refractivity contribution is -0.144. The summed E-state index contributed by atoms with van der Waals surface area (Å²) in [5.74, 6) is 1.94. The van der Waals surface area contributed by atoms with Crippen LogP contribution in [0, 0.1) is 5.92 Å². The van der Waals surface area contributed by atoms with Crippen molar-refractivity contribution in [1.29, 1.82) is 0 Å². The van der Waals surface area contributed by atoms with Crippen molar-refractivity contribution in [3.05, 3.63) is 29.8 Å². The molecular weight excluding hydrogens is 248 g/mol. The highest BCUT2D eigenvalue weighted by Crippen LogP contribution is 2.50. The third-order valence-electron chi connectivity index (χ3n) is 3.16. The Morgan fingerprint density at radius 1 is 1.44 bits per heavy atom.